The summed E-state index contributed by atoms with van der Waals surface area (Å²) in [6, 6.07) is 8.21. The summed E-state index contributed by atoms with van der Waals surface area (Å²) in [6.07, 6.45) is 1.66. The summed E-state index contributed by atoms with van der Waals surface area (Å²) in [7, 11) is 0. The molecule has 0 bridgehead atoms. The van der Waals surface area contributed by atoms with Crippen LogP contribution in [0.15, 0.2) is 24.3 Å². The molecular formula is C18H28N2O2. The average molecular weight is 304 g/mol. The van der Waals surface area contributed by atoms with E-state index in [9.17, 15) is 4.79 Å². The predicted octanol–water partition coefficient (Wildman–Crippen LogP) is 2.62. The molecule has 4 heteroatoms. The summed E-state index contributed by atoms with van der Waals surface area (Å²) < 4.78 is 5.75. The van der Waals surface area contributed by atoms with Gasteiger partial charge in [-0.2, -0.15) is 0 Å². The van der Waals surface area contributed by atoms with Crippen molar-refractivity contribution in [1.29, 1.82) is 0 Å². The molecule has 4 nitrogen and oxygen atoms in total. The van der Waals surface area contributed by atoms with Crippen LogP contribution < -0.4 is 15.4 Å². The Kier molecular flexibility index (Phi) is 5.46. The van der Waals surface area contributed by atoms with E-state index in [1.165, 1.54) is 5.56 Å². The zero-order valence-corrected chi connectivity index (χ0v) is 14.1. The largest absolute Gasteiger partial charge is 0.481 e. The van der Waals surface area contributed by atoms with E-state index in [4.69, 9.17) is 4.74 Å². The molecule has 0 saturated carbocycles. The number of amides is 1. The van der Waals surface area contributed by atoms with E-state index in [0.717, 1.165) is 31.7 Å². The number of hydrogen-bond acceptors (Lipinski definition) is 3. The summed E-state index contributed by atoms with van der Waals surface area (Å²) >= 11 is 0. The maximum absolute atomic E-state index is 12.2. The highest BCUT2D eigenvalue weighted by molar-refractivity contribution is 5.81. The maximum Gasteiger partial charge on any atom is 0.261 e. The highest BCUT2D eigenvalue weighted by Crippen LogP contribution is 2.24. The summed E-state index contributed by atoms with van der Waals surface area (Å²) in [5, 5.41) is 6.34. The molecule has 122 valence electrons. The van der Waals surface area contributed by atoms with E-state index in [1.54, 1.807) is 6.92 Å². The number of ether oxygens (including phenoxy) is 1. The van der Waals surface area contributed by atoms with Gasteiger partial charge in [0.1, 0.15) is 5.75 Å². The third-order valence-corrected chi connectivity index (χ3v) is 4.05. The minimum atomic E-state index is -0.484. The van der Waals surface area contributed by atoms with Crippen molar-refractivity contribution in [3.05, 3.63) is 29.8 Å². The number of nitrogens with one attached hydrogen (secondary N) is 2. The predicted molar refractivity (Wildman–Crippen MR) is 89.3 cm³/mol. The van der Waals surface area contributed by atoms with Gasteiger partial charge >= 0.3 is 0 Å². The average Bonchev–Trinajstić information content (AvgIpc) is 2.48. The fraction of sp³-hybridized carbons (Fsp3) is 0.611. The van der Waals surface area contributed by atoms with Crippen LogP contribution in [0.2, 0.25) is 0 Å². The monoisotopic (exact) mass is 304 g/mol. The molecule has 2 atom stereocenters. The van der Waals surface area contributed by atoms with Gasteiger partial charge in [0, 0.05) is 12.6 Å². The van der Waals surface area contributed by atoms with E-state index in [1.807, 2.05) is 12.1 Å². The topological polar surface area (TPSA) is 50.4 Å². The fourth-order valence-electron chi connectivity index (χ4n) is 2.58. The molecule has 1 fully saturated rings. The molecule has 0 spiro atoms. The molecule has 22 heavy (non-hydrogen) atoms. The molecule has 1 aromatic rings. The molecule has 1 saturated heterocycles. The number of rotatable bonds is 4. The molecule has 1 heterocycles. The summed E-state index contributed by atoms with van der Waals surface area (Å²) in [5.74, 6) is 0.686. The third-order valence-electron chi connectivity index (χ3n) is 4.05. The van der Waals surface area contributed by atoms with Crippen LogP contribution in [0.25, 0.3) is 0 Å². The lowest BCUT2D eigenvalue weighted by molar-refractivity contribution is -0.128. The number of piperidine rings is 1. The first kappa shape index (κ1) is 16.8. The van der Waals surface area contributed by atoms with Crippen LogP contribution in [0.1, 0.15) is 46.1 Å². The fourth-order valence-corrected chi connectivity index (χ4v) is 2.58. The summed E-state index contributed by atoms with van der Waals surface area (Å²) in [5.41, 5.74) is 1.38. The van der Waals surface area contributed by atoms with Crippen molar-refractivity contribution in [2.24, 2.45) is 0 Å². The Morgan fingerprint density at radius 3 is 2.55 bits per heavy atom. The van der Waals surface area contributed by atoms with Crippen molar-refractivity contribution in [3.8, 4) is 5.75 Å². The first-order chi connectivity index (χ1) is 10.4. The van der Waals surface area contributed by atoms with Crippen molar-refractivity contribution in [3.63, 3.8) is 0 Å². The van der Waals surface area contributed by atoms with Gasteiger partial charge in [-0.25, -0.2) is 0 Å². The van der Waals surface area contributed by atoms with Gasteiger partial charge in [0.05, 0.1) is 0 Å². The van der Waals surface area contributed by atoms with Crippen LogP contribution in [-0.4, -0.2) is 31.1 Å². The first-order valence-electron chi connectivity index (χ1n) is 8.14. The Hall–Kier alpha value is -1.55. The van der Waals surface area contributed by atoms with Crippen LogP contribution in [0, 0.1) is 0 Å². The van der Waals surface area contributed by atoms with Gasteiger partial charge in [-0.1, -0.05) is 32.9 Å². The molecule has 1 amide bonds. The lowest BCUT2D eigenvalue weighted by atomic mass is 9.87. The zero-order chi connectivity index (χ0) is 16.2. The SMILES string of the molecule is CC(Oc1ccc(C(C)(C)C)cc1)C(=O)NC1CCCNC1. The van der Waals surface area contributed by atoms with Gasteiger partial charge in [-0.05, 0) is 49.4 Å². The zero-order valence-electron chi connectivity index (χ0n) is 14.1. The van der Waals surface area contributed by atoms with Gasteiger partial charge in [0.2, 0.25) is 0 Å². The standard InChI is InChI=1S/C18H28N2O2/c1-13(17(21)20-15-6-5-11-19-12-15)22-16-9-7-14(8-10-16)18(2,3)4/h7-10,13,15,19H,5-6,11-12H2,1-4H3,(H,20,21). The van der Waals surface area contributed by atoms with Crippen molar-refractivity contribution in [1.82, 2.24) is 10.6 Å². The van der Waals surface area contributed by atoms with Crippen molar-refractivity contribution >= 4 is 5.91 Å². The highest BCUT2D eigenvalue weighted by atomic mass is 16.5. The van der Waals surface area contributed by atoms with E-state index in [0.29, 0.717) is 0 Å². The third kappa shape index (κ3) is 4.73. The number of carbonyl (C=O) groups is 1. The number of benzene rings is 1. The van der Waals surface area contributed by atoms with Gasteiger partial charge in [-0.3, -0.25) is 4.79 Å². The summed E-state index contributed by atoms with van der Waals surface area (Å²) in [6.45, 7) is 10.2. The maximum atomic E-state index is 12.2. The summed E-state index contributed by atoms with van der Waals surface area (Å²) in [4.78, 5) is 12.2. The van der Waals surface area contributed by atoms with Gasteiger partial charge in [-0.15, -0.1) is 0 Å². The van der Waals surface area contributed by atoms with Crippen LogP contribution in [0.3, 0.4) is 0 Å². The molecule has 1 aliphatic rings. The van der Waals surface area contributed by atoms with E-state index in [2.05, 4.69) is 43.5 Å². The highest BCUT2D eigenvalue weighted by Gasteiger charge is 2.21. The number of carbonyl (C=O) groups excluding carboxylic acids is 1. The molecule has 2 unspecified atom stereocenters. The van der Waals surface area contributed by atoms with E-state index in [-0.39, 0.29) is 17.4 Å². The van der Waals surface area contributed by atoms with Crippen LogP contribution in [0.4, 0.5) is 0 Å². The smallest absolute Gasteiger partial charge is 0.261 e. The quantitative estimate of drug-likeness (QED) is 0.899. The molecule has 1 aromatic carbocycles. The Morgan fingerprint density at radius 2 is 2.00 bits per heavy atom. The van der Waals surface area contributed by atoms with Gasteiger partial charge in [0.25, 0.3) is 5.91 Å². The lowest BCUT2D eigenvalue weighted by Crippen LogP contribution is -2.49. The Morgan fingerprint density at radius 1 is 1.32 bits per heavy atom. The molecule has 2 N–H and O–H groups in total. The molecule has 1 aliphatic heterocycles. The second kappa shape index (κ2) is 7.14. The lowest BCUT2D eigenvalue weighted by Gasteiger charge is -2.25. The molecule has 0 radical (unpaired) electrons. The van der Waals surface area contributed by atoms with Crippen molar-refractivity contribution < 1.29 is 9.53 Å². The first-order valence-corrected chi connectivity index (χ1v) is 8.14. The number of hydrogen-bond donors (Lipinski definition) is 2. The molecule has 0 aliphatic carbocycles. The minimum absolute atomic E-state index is 0.0476. The van der Waals surface area contributed by atoms with Crippen LogP contribution in [0.5, 0.6) is 5.75 Å². The normalized spacial score (nSPS) is 20.3. The van der Waals surface area contributed by atoms with Crippen molar-refractivity contribution in [2.45, 2.75) is 58.1 Å². The Labute approximate surface area is 133 Å². The Balaban J connectivity index is 1.87. The molecule has 0 aromatic heterocycles. The van der Waals surface area contributed by atoms with Gasteiger partial charge in [0.15, 0.2) is 6.10 Å². The van der Waals surface area contributed by atoms with Crippen molar-refractivity contribution in [2.75, 3.05) is 13.1 Å². The van der Waals surface area contributed by atoms with Gasteiger partial charge < -0.3 is 15.4 Å². The van der Waals surface area contributed by atoms with E-state index >= 15 is 0 Å². The second-order valence-electron chi connectivity index (χ2n) is 7.09. The minimum Gasteiger partial charge on any atom is -0.481 e. The van der Waals surface area contributed by atoms with Crippen LogP contribution in [-0.2, 0) is 10.2 Å². The van der Waals surface area contributed by atoms with Crippen LogP contribution >= 0.6 is 0 Å². The molecule has 2 rings (SSSR count). The molecular weight excluding hydrogens is 276 g/mol. The Bertz CT molecular complexity index is 485. The van der Waals surface area contributed by atoms with E-state index < -0.39 is 6.10 Å². The second-order valence-corrected chi connectivity index (χ2v) is 7.09.